The zero-order valence-electron chi connectivity index (χ0n) is 11.0. The summed E-state index contributed by atoms with van der Waals surface area (Å²) in [7, 11) is 3.80. The number of hydrogen-bond donors (Lipinski definition) is 2. The Bertz CT molecular complexity index is 242. The van der Waals surface area contributed by atoms with Crippen molar-refractivity contribution in [1.29, 1.82) is 0 Å². The van der Waals surface area contributed by atoms with Crippen molar-refractivity contribution in [3.05, 3.63) is 0 Å². The van der Waals surface area contributed by atoms with Gasteiger partial charge in [0.15, 0.2) is 0 Å². The summed E-state index contributed by atoms with van der Waals surface area (Å²) in [5.74, 6) is 0.0579. The van der Waals surface area contributed by atoms with Crippen LogP contribution in [0.2, 0.25) is 0 Å². The van der Waals surface area contributed by atoms with Gasteiger partial charge in [-0.15, -0.1) is 0 Å². The number of nitrogens with zero attached hydrogens (tertiary/aromatic N) is 1. The van der Waals surface area contributed by atoms with Gasteiger partial charge in [0.2, 0.25) is 5.91 Å². The molecule has 1 amide bonds. The first kappa shape index (κ1) is 16.1. The average molecular weight is 244 g/mol. The molecule has 1 atom stereocenters. The third kappa shape index (κ3) is 7.88. The molecule has 0 bridgehead atoms. The summed E-state index contributed by atoms with van der Waals surface area (Å²) in [5, 5.41) is 11.2. The molecule has 0 aliphatic rings. The molecular formula is C12H24N2O3. The summed E-state index contributed by atoms with van der Waals surface area (Å²) in [6.45, 7) is 2.10. The fourth-order valence-electron chi connectivity index (χ4n) is 1.71. The molecule has 0 aromatic rings. The molecular weight excluding hydrogens is 220 g/mol. The first-order valence-electron chi connectivity index (χ1n) is 6.03. The van der Waals surface area contributed by atoms with E-state index in [1.807, 2.05) is 19.0 Å². The number of unbranched alkanes of at least 4 members (excludes halogenated alkanes) is 1. The summed E-state index contributed by atoms with van der Waals surface area (Å²) < 4.78 is 0. The monoisotopic (exact) mass is 244 g/mol. The average Bonchev–Trinajstić information content (AvgIpc) is 2.22. The third-order valence-corrected chi connectivity index (χ3v) is 2.66. The quantitative estimate of drug-likeness (QED) is 0.567. The maximum absolute atomic E-state index is 11.3. The Hall–Kier alpha value is -0.940. The normalized spacial score (nSPS) is 12.5. The van der Waals surface area contributed by atoms with Crippen LogP contribution in [0.4, 0.5) is 0 Å². The lowest BCUT2D eigenvalue weighted by Gasteiger charge is -2.21. The third-order valence-electron chi connectivity index (χ3n) is 2.66. The SMILES string of the molecule is CC(=O)[C@H](CCCCNC(=O)CCO)N(C)C. The highest BCUT2D eigenvalue weighted by atomic mass is 16.3. The Kier molecular flexibility index (Phi) is 8.62. The molecule has 0 spiro atoms. The molecule has 0 fully saturated rings. The van der Waals surface area contributed by atoms with Crippen LogP contribution in [0.3, 0.4) is 0 Å². The van der Waals surface area contributed by atoms with Crippen LogP contribution in [0.15, 0.2) is 0 Å². The van der Waals surface area contributed by atoms with Gasteiger partial charge < -0.3 is 10.4 Å². The molecule has 0 heterocycles. The first-order chi connectivity index (χ1) is 7.99. The van der Waals surface area contributed by atoms with Crippen molar-refractivity contribution in [2.24, 2.45) is 0 Å². The number of Topliss-reactive ketones (excluding diaryl/α,β-unsaturated/α-hetero) is 1. The van der Waals surface area contributed by atoms with Gasteiger partial charge in [-0.3, -0.25) is 14.5 Å². The van der Waals surface area contributed by atoms with Crippen molar-refractivity contribution < 1.29 is 14.7 Å². The molecule has 0 aromatic carbocycles. The highest BCUT2D eigenvalue weighted by molar-refractivity contribution is 5.81. The molecule has 0 aliphatic heterocycles. The van der Waals surface area contributed by atoms with Crippen molar-refractivity contribution in [3.63, 3.8) is 0 Å². The Balaban J connectivity index is 3.62. The van der Waals surface area contributed by atoms with Gasteiger partial charge in [-0.1, -0.05) is 0 Å². The summed E-state index contributed by atoms with van der Waals surface area (Å²) >= 11 is 0. The highest BCUT2D eigenvalue weighted by Gasteiger charge is 2.15. The molecule has 0 aliphatic carbocycles. The summed E-state index contributed by atoms with van der Waals surface area (Å²) in [4.78, 5) is 24.2. The number of rotatable bonds is 9. The molecule has 17 heavy (non-hydrogen) atoms. The smallest absolute Gasteiger partial charge is 0.222 e. The van der Waals surface area contributed by atoms with Crippen molar-refractivity contribution in [3.8, 4) is 0 Å². The summed E-state index contributed by atoms with van der Waals surface area (Å²) in [5.41, 5.74) is 0. The van der Waals surface area contributed by atoms with Gasteiger partial charge in [0.25, 0.3) is 0 Å². The predicted octanol–water partition coefficient (Wildman–Crippen LogP) is 0.175. The largest absolute Gasteiger partial charge is 0.396 e. The lowest BCUT2D eigenvalue weighted by molar-refractivity contribution is -0.122. The predicted molar refractivity (Wildman–Crippen MR) is 66.7 cm³/mol. The van der Waals surface area contributed by atoms with Crippen molar-refractivity contribution >= 4 is 11.7 Å². The second-order valence-corrected chi connectivity index (χ2v) is 4.41. The Morgan fingerprint density at radius 1 is 1.29 bits per heavy atom. The zero-order chi connectivity index (χ0) is 13.3. The van der Waals surface area contributed by atoms with Crippen molar-refractivity contribution in [1.82, 2.24) is 10.2 Å². The second-order valence-electron chi connectivity index (χ2n) is 4.41. The number of carbonyl (C=O) groups excluding carboxylic acids is 2. The number of aliphatic hydroxyl groups is 1. The number of hydrogen-bond acceptors (Lipinski definition) is 4. The van der Waals surface area contributed by atoms with Crippen LogP contribution in [0.5, 0.6) is 0 Å². The number of likely N-dealkylation sites (N-methyl/N-ethyl adjacent to an activating group) is 1. The minimum atomic E-state index is -0.122. The number of aliphatic hydroxyl groups excluding tert-OH is 1. The van der Waals surface area contributed by atoms with Crippen LogP contribution in [0, 0.1) is 0 Å². The van der Waals surface area contributed by atoms with Crippen LogP contribution >= 0.6 is 0 Å². The van der Waals surface area contributed by atoms with Crippen molar-refractivity contribution in [2.45, 2.75) is 38.6 Å². The van der Waals surface area contributed by atoms with Crippen LogP contribution in [-0.4, -0.2) is 55.0 Å². The minimum absolute atomic E-state index is 0.0249. The van der Waals surface area contributed by atoms with Gasteiger partial charge in [0.05, 0.1) is 12.6 Å². The van der Waals surface area contributed by atoms with Crippen molar-refractivity contribution in [2.75, 3.05) is 27.2 Å². The topological polar surface area (TPSA) is 69.6 Å². The number of ketones is 1. The molecule has 0 saturated heterocycles. The molecule has 0 aromatic heterocycles. The fourth-order valence-corrected chi connectivity index (χ4v) is 1.71. The van der Waals surface area contributed by atoms with Crippen LogP contribution in [0.25, 0.3) is 0 Å². The molecule has 0 rings (SSSR count). The molecule has 2 N–H and O–H groups in total. The maximum Gasteiger partial charge on any atom is 0.222 e. The van der Waals surface area contributed by atoms with E-state index < -0.39 is 0 Å². The van der Waals surface area contributed by atoms with Gasteiger partial charge in [-0.2, -0.15) is 0 Å². The van der Waals surface area contributed by atoms with E-state index in [0.717, 1.165) is 19.3 Å². The Morgan fingerprint density at radius 2 is 1.94 bits per heavy atom. The fraction of sp³-hybridized carbons (Fsp3) is 0.833. The van der Waals surface area contributed by atoms with E-state index in [1.54, 1.807) is 6.92 Å². The van der Waals surface area contributed by atoms with Crippen LogP contribution in [0.1, 0.15) is 32.6 Å². The summed E-state index contributed by atoms with van der Waals surface area (Å²) in [6, 6.07) is -0.0249. The molecule has 0 radical (unpaired) electrons. The number of carbonyl (C=O) groups is 2. The molecule has 5 nitrogen and oxygen atoms in total. The van der Waals surface area contributed by atoms with Gasteiger partial charge in [-0.25, -0.2) is 0 Å². The zero-order valence-corrected chi connectivity index (χ0v) is 11.0. The van der Waals surface area contributed by atoms with E-state index in [-0.39, 0.29) is 30.8 Å². The Labute approximate surface area is 103 Å². The molecule has 0 saturated carbocycles. The van der Waals surface area contributed by atoms with E-state index in [4.69, 9.17) is 5.11 Å². The Morgan fingerprint density at radius 3 is 2.41 bits per heavy atom. The number of nitrogens with one attached hydrogen (secondary N) is 1. The van der Waals surface area contributed by atoms with E-state index in [0.29, 0.717) is 6.54 Å². The molecule has 0 unspecified atom stereocenters. The lowest BCUT2D eigenvalue weighted by atomic mass is 10.1. The standard InChI is InChI=1S/C12H24N2O3/c1-10(16)11(14(2)3)6-4-5-8-13-12(17)7-9-15/h11,15H,4-9H2,1-3H3,(H,13,17)/t11-/m0/s1. The lowest BCUT2D eigenvalue weighted by Crippen LogP contribution is -2.34. The van der Waals surface area contributed by atoms with E-state index in [2.05, 4.69) is 5.32 Å². The minimum Gasteiger partial charge on any atom is -0.396 e. The maximum atomic E-state index is 11.3. The molecule has 5 heteroatoms. The summed E-state index contributed by atoms with van der Waals surface area (Å²) in [6.07, 6.45) is 2.74. The van der Waals surface area contributed by atoms with Gasteiger partial charge in [0.1, 0.15) is 5.78 Å². The van der Waals surface area contributed by atoms with Crippen LogP contribution < -0.4 is 5.32 Å². The molecule has 100 valence electrons. The van der Waals surface area contributed by atoms with E-state index in [1.165, 1.54) is 0 Å². The van der Waals surface area contributed by atoms with Gasteiger partial charge in [-0.05, 0) is 40.3 Å². The number of amides is 1. The van der Waals surface area contributed by atoms with Gasteiger partial charge in [0, 0.05) is 13.0 Å². The highest BCUT2D eigenvalue weighted by Crippen LogP contribution is 2.06. The van der Waals surface area contributed by atoms with E-state index >= 15 is 0 Å². The van der Waals surface area contributed by atoms with Gasteiger partial charge >= 0.3 is 0 Å². The first-order valence-corrected chi connectivity index (χ1v) is 6.03. The van der Waals surface area contributed by atoms with Crippen LogP contribution in [-0.2, 0) is 9.59 Å². The van der Waals surface area contributed by atoms with E-state index in [9.17, 15) is 9.59 Å². The second kappa shape index (κ2) is 9.13.